The smallest absolute Gasteiger partial charge is 0.163 e. The first kappa shape index (κ1) is 11.1. The summed E-state index contributed by atoms with van der Waals surface area (Å²) in [5.74, 6) is 0.777. The Labute approximate surface area is 93.2 Å². The first-order valence-electron chi connectivity index (χ1n) is 4.10. The Hall–Kier alpha value is -1.00. The van der Waals surface area contributed by atoms with Crippen LogP contribution in [0.4, 0.5) is 0 Å². The molecule has 0 radical (unpaired) electrons. The topological polar surface area (TPSA) is 47.3 Å². The average Bonchev–Trinajstić information content (AvgIpc) is 2.15. The third-order valence-corrected chi connectivity index (χ3v) is 1.88. The summed E-state index contributed by atoms with van der Waals surface area (Å²) in [5, 5.41) is 3.76. The van der Waals surface area contributed by atoms with Gasteiger partial charge in [-0.15, -0.1) is 0 Å². The lowest BCUT2D eigenvalue weighted by Crippen LogP contribution is -2.32. The molecule has 5 heteroatoms. The fourth-order valence-corrected chi connectivity index (χ4v) is 1.10. The molecule has 0 unspecified atom stereocenters. The van der Waals surface area contributed by atoms with E-state index in [-0.39, 0.29) is 5.11 Å². The molecule has 0 saturated heterocycles. The van der Waals surface area contributed by atoms with Gasteiger partial charge in [-0.25, -0.2) is 0 Å². The first-order chi connectivity index (χ1) is 6.68. The van der Waals surface area contributed by atoms with Crippen LogP contribution in [0.3, 0.4) is 0 Å². The zero-order valence-electron chi connectivity index (χ0n) is 7.50. The molecule has 0 saturated carbocycles. The van der Waals surface area contributed by atoms with Gasteiger partial charge in [0.05, 0.1) is 6.54 Å². The molecule has 1 rings (SSSR count). The van der Waals surface area contributed by atoms with Crippen molar-refractivity contribution in [3.8, 4) is 5.75 Å². The zero-order chi connectivity index (χ0) is 10.4. The van der Waals surface area contributed by atoms with Crippen molar-refractivity contribution in [3.63, 3.8) is 0 Å². The average molecular weight is 231 g/mol. The van der Waals surface area contributed by atoms with Crippen LogP contribution < -0.4 is 15.8 Å². The molecule has 0 aliphatic heterocycles. The Morgan fingerprint density at radius 3 is 2.64 bits per heavy atom. The van der Waals surface area contributed by atoms with E-state index in [2.05, 4.69) is 17.5 Å². The van der Waals surface area contributed by atoms with Gasteiger partial charge in [-0.2, -0.15) is 0 Å². The maximum atomic E-state index is 5.71. The Morgan fingerprint density at radius 1 is 1.43 bits per heavy atom. The second kappa shape index (κ2) is 5.67. The molecule has 3 nitrogen and oxygen atoms in total. The number of thiocarbonyl (C=S) groups is 1. The van der Waals surface area contributed by atoms with Crippen LogP contribution in [0.25, 0.3) is 0 Å². The van der Waals surface area contributed by atoms with E-state index in [9.17, 15) is 0 Å². The highest BCUT2D eigenvalue weighted by molar-refractivity contribution is 7.80. The first-order valence-corrected chi connectivity index (χ1v) is 4.89. The Balaban J connectivity index is 2.25. The fraction of sp³-hybridized carbons (Fsp3) is 0.222. The number of hydrogen-bond acceptors (Lipinski definition) is 2. The highest BCUT2D eigenvalue weighted by Crippen LogP contribution is 2.14. The highest BCUT2D eigenvalue weighted by Gasteiger charge is 1.93. The molecule has 0 spiro atoms. The zero-order valence-corrected chi connectivity index (χ0v) is 9.07. The van der Waals surface area contributed by atoms with Crippen LogP contribution in [-0.2, 0) is 0 Å². The summed E-state index contributed by atoms with van der Waals surface area (Å²) < 4.78 is 5.38. The van der Waals surface area contributed by atoms with Gasteiger partial charge in [-0.1, -0.05) is 11.6 Å². The van der Waals surface area contributed by atoms with Gasteiger partial charge in [0.25, 0.3) is 0 Å². The summed E-state index contributed by atoms with van der Waals surface area (Å²) in [6.07, 6.45) is 0. The summed E-state index contributed by atoms with van der Waals surface area (Å²) in [7, 11) is 0. The minimum atomic E-state index is 0.282. The predicted octanol–water partition coefficient (Wildman–Crippen LogP) is 1.55. The largest absolute Gasteiger partial charge is 0.492 e. The van der Waals surface area contributed by atoms with E-state index in [1.807, 2.05) is 12.1 Å². The van der Waals surface area contributed by atoms with Crippen LogP contribution in [0.2, 0.25) is 5.02 Å². The molecule has 0 heterocycles. The van der Waals surface area contributed by atoms with Gasteiger partial charge >= 0.3 is 0 Å². The number of ether oxygens (including phenoxy) is 1. The molecule has 76 valence electrons. The third-order valence-electron chi connectivity index (χ3n) is 1.48. The number of rotatable bonds is 4. The molecular weight excluding hydrogens is 220 g/mol. The molecular formula is C9H11ClN2OS. The summed E-state index contributed by atoms with van der Waals surface area (Å²) in [5.41, 5.74) is 5.24. The molecule has 0 aliphatic rings. The van der Waals surface area contributed by atoms with Gasteiger partial charge in [0.15, 0.2) is 5.11 Å². The van der Waals surface area contributed by atoms with E-state index < -0.39 is 0 Å². The number of halogens is 1. The van der Waals surface area contributed by atoms with Crippen molar-refractivity contribution in [1.82, 2.24) is 5.32 Å². The standard InChI is InChI=1S/C9H11ClN2OS/c10-7-1-3-8(4-2-7)13-6-5-12-9(11)14/h1-4H,5-6H2,(H3,11,12,14). The maximum absolute atomic E-state index is 5.71. The molecule has 3 N–H and O–H groups in total. The Morgan fingerprint density at radius 2 is 2.07 bits per heavy atom. The van der Waals surface area contributed by atoms with Crippen molar-refractivity contribution in [3.05, 3.63) is 29.3 Å². The van der Waals surface area contributed by atoms with Gasteiger partial charge in [0, 0.05) is 5.02 Å². The van der Waals surface area contributed by atoms with Crippen molar-refractivity contribution in [2.24, 2.45) is 5.73 Å². The summed E-state index contributed by atoms with van der Waals surface area (Å²) >= 11 is 10.3. The second-order valence-electron chi connectivity index (χ2n) is 2.59. The van der Waals surface area contributed by atoms with E-state index in [4.69, 9.17) is 22.1 Å². The van der Waals surface area contributed by atoms with Crippen LogP contribution in [0.15, 0.2) is 24.3 Å². The summed E-state index contributed by atoms with van der Waals surface area (Å²) in [6.45, 7) is 1.11. The number of nitrogens with one attached hydrogen (secondary N) is 1. The van der Waals surface area contributed by atoms with E-state index in [0.29, 0.717) is 18.2 Å². The van der Waals surface area contributed by atoms with Crippen LogP contribution in [-0.4, -0.2) is 18.3 Å². The fourth-order valence-electron chi connectivity index (χ4n) is 0.874. The maximum Gasteiger partial charge on any atom is 0.163 e. The summed E-state index contributed by atoms with van der Waals surface area (Å²) in [6, 6.07) is 7.17. The normalized spacial score (nSPS) is 9.50. The Kier molecular flexibility index (Phi) is 4.49. The number of nitrogens with two attached hydrogens (primary N) is 1. The molecule has 0 aliphatic carbocycles. The quantitative estimate of drug-likeness (QED) is 0.609. The third kappa shape index (κ3) is 4.30. The molecule has 14 heavy (non-hydrogen) atoms. The molecule has 0 atom stereocenters. The van der Waals surface area contributed by atoms with Crippen LogP contribution in [0, 0.1) is 0 Å². The van der Waals surface area contributed by atoms with Crippen LogP contribution in [0.1, 0.15) is 0 Å². The molecule has 0 bridgehead atoms. The molecule has 1 aromatic carbocycles. The molecule has 1 aromatic rings. The molecule has 0 aromatic heterocycles. The SMILES string of the molecule is NC(=S)NCCOc1ccc(Cl)cc1. The monoisotopic (exact) mass is 230 g/mol. The van der Waals surface area contributed by atoms with Crippen molar-refractivity contribution < 1.29 is 4.74 Å². The van der Waals surface area contributed by atoms with Crippen molar-refractivity contribution in [2.45, 2.75) is 0 Å². The number of benzene rings is 1. The lowest BCUT2D eigenvalue weighted by molar-refractivity contribution is 0.322. The molecule has 0 fully saturated rings. The van der Waals surface area contributed by atoms with E-state index in [1.165, 1.54) is 0 Å². The van der Waals surface area contributed by atoms with Crippen molar-refractivity contribution in [1.29, 1.82) is 0 Å². The lowest BCUT2D eigenvalue weighted by atomic mass is 10.3. The van der Waals surface area contributed by atoms with E-state index >= 15 is 0 Å². The van der Waals surface area contributed by atoms with E-state index in [1.54, 1.807) is 12.1 Å². The van der Waals surface area contributed by atoms with Gasteiger partial charge in [0.1, 0.15) is 12.4 Å². The minimum Gasteiger partial charge on any atom is -0.492 e. The van der Waals surface area contributed by atoms with Crippen LogP contribution in [0.5, 0.6) is 5.75 Å². The van der Waals surface area contributed by atoms with Gasteiger partial charge in [0.2, 0.25) is 0 Å². The summed E-state index contributed by atoms with van der Waals surface area (Å²) in [4.78, 5) is 0. The second-order valence-corrected chi connectivity index (χ2v) is 3.47. The van der Waals surface area contributed by atoms with Gasteiger partial charge < -0.3 is 15.8 Å². The van der Waals surface area contributed by atoms with E-state index in [0.717, 1.165) is 5.75 Å². The minimum absolute atomic E-state index is 0.282. The molecule has 0 amide bonds. The number of hydrogen-bond donors (Lipinski definition) is 2. The van der Waals surface area contributed by atoms with Gasteiger partial charge in [-0.05, 0) is 36.5 Å². The van der Waals surface area contributed by atoms with Crippen molar-refractivity contribution in [2.75, 3.05) is 13.2 Å². The van der Waals surface area contributed by atoms with Crippen LogP contribution >= 0.6 is 23.8 Å². The Bertz CT molecular complexity index is 302. The van der Waals surface area contributed by atoms with Crippen molar-refractivity contribution >= 4 is 28.9 Å². The van der Waals surface area contributed by atoms with Gasteiger partial charge in [-0.3, -0.25) is 0 Å². The highest BCUT2D eigenvalue weighted by atomic mass is 35.5. The lowest BCUT2D eigenvalue weighted by Gasteiger charge is -2.06. The predicted molar refractivity (Wildman–Crippen MR) is 61.7 cm³/mol.